The van der Waals surface area contributed by atoms with Crippen LogP contribution >= 0.6 is 0 Å². The zero-order valence-corrected chi connectivity index (χ0v) is 17.6. The second-order valence-corrected chi connectivity index (χ2v) is 7.88. The standard InChI is InChI=1S/C15H12N2O6S.C7H8/c1-23-10-6-9(17-24(20,21)22)11-12(13(10)16)15(19)8-5-3-2-4-7(8)14(11)18;1-7-5-3-2-4-6-7/h2-6,17H,16H2,1H3,(H,20,21,22);2-6H,1H3. The maximum absolute atomic E-state index is 12.7. The lowest BCUT2D eigenvalue weighted by molar-refractivity contribution is 0.0980. The third-order valence-electron chi connectivity index (χ3n) is 4.60. The van der Waals surface area contributed by atoms with Crippen molar-refractivity contribution >= 4 is 33.2 Å². The van der Waals surface area contributed by atoms with Gasteiger partial charge in [-0.2, -0.15) is 8.42 Å². The third-order valence-corrected chi connectivity index (χ3v) is 5.08. The van der Waals surface area contributed by atoms with Crippen molar-refractivity contribution in [1.82, 2.24) is 0 Å². The molecule has 9 heteroatoms. The molecule has 0 bridgehead atoms. The molecule has 1 aliphatic rings. The van der Waals surface area contributed by atoms with E-state index in [4.69, 9.17) is 15.0 Å². The van der Waals surface area contributed by atoms with Crippen molar-refractivity contribution in [2.75, 3.05) is 17.6 Å². The van der Waals surface area contributed by atoms with Gasteiger partial charge in [0.15, 0.2) is 11.6 Å². The van der Waals surface area contributed by atoms with Gasteiger partial charge < -0.3 is 10.5 Å². The van der Waals surface area contributed by atoms with Crippen molar-refractivity contribution < 1.29 is 27.3 Å². The van der Waals surface area contributed by atoms with Gasteiger partial charge in [0.05, 0.1) is 29.6 Å². The van der Waals surface area contributed by atoms with Gasteiger partial charge in [0.1, 0.15) is 5.75 Å². The number of anilines is 2. The van der Waals surface area contributed by atoms with E-state index in [2.05, 4.69) is 19.1 Å². The highest BCUT2D eigenvalue weighted by Gasteiger charge is 2.35. The number of carbonyl (C=O) groups is 2. The summed E-state index contributed by atoms with van der Waals surface area (Å²) < 4.78 is 38.3. The lowest BCUT2D eigenvalue weighted by Gasteiger charge is -2.23. The van der Waals surface area contributed by atoms with Gasteiger partial charge in [-0.15, -0.1) is 0 Å². The molecule has 0 heterocycles. The Kier molecular flexibility index (Phi) is 6.09. The molecule has 0 aliphatic heterocycles. The zero-order chi connectivity index (χ0) is 22.8. The molecule has 160 valence electrons. The Bertz CT molecular complexity index is 1270. The Morgan fingerprint density at radius 1 is 0.903 bits per heavy atom. The molecule has 0 saturated heterocycles. The van der Waals surface area contributed by atoms with Gasteiger partial charge in [-0.1, -0.05) is 60.2 Å². The van der Waals surface area contributed by atoms with E-state index in [9.17, 15) is 18.0 Å². The Morgan fingerprint density at radius 3 is 1.87 bits per heavy atom. The minimum absolute atomic E-state index is 0.000399. The molecule has 0 aromatic heterocycles. The molecule has 0 amide bonds. The predicted molar refractivity (Wildman–Crippen MR) is 117 cm³/mol. The van der Waals surface area contributed by atoms with Crippen molar-refractivity contribution in [3.63, 3.8) is 0 Å². The Hall–Kier alpha value is -3.69. The Balaban J connectivity index is 0.000000330. The number of ether oxygens (including phenoxy) is 1. The Labute approximate surface area is 179 Å². The topological polar surface area (TPSA) is 136 Å². The van der Waals surface area contributed by atoms with Crippen molar-refractivity contribution in [3.05, 3.63) is 88.5 Å². The van der Waals surface area contributed by atoms with E-state index in [1.807, 2.05) is 22.9 Å². The van der Waals surface area contributed by atoms with Gasteiger partial charge in [0.2, 0.25) is 0 Å². The second kappa shape index (κ2) is 8.58. The van der Waals surface area contributed by atoms with Crippen LogP contribution in [0, 0.1) is 6.92 Å². The van der Waals surface area contributed by atoms with E-state index in [1.54, 1.807) is 12.1 Å². The quantitative estimate of drug-likeness (QED) is 0.329. The molecule has 3 aromatic carbocycles. The number of methoxy groups -OCH3 is 1. The summed E-state index contributed by atoms with van der Waals surface area (Å²) in [5.41, 5.74) is 6.77. The minimum Gasteiger partial charge on any atom is -0.494 e. The van der Waals surface area contributed by atoms with Crippen LogP contribution in [0.3, 0.4) is 0 Å². The van der Waals surface area contributed by atoms with Gasteiger partial charge in [0.25, 0.3) is 0 Å². The molecule has 0 spiro atoms. The fraction of sp³-hybridized carbons (Fsp3) is 0.0909. The summed E-state index contributed by atoms with van der Waals surface area (Å²) in [5.74, 6) is -1.11. The molecule has 4 rings (SSSR count). The van der Waals surface area contributed by atoms with E-state index in [-0.39, 0.29) is 39.4 Å². The van der Waals surface area contributed by atoms with Crippen LogP contribution in [0.15, 0.2) is 60.7 Å². The number of hydrogen-bond donors (Lipinski definition) is 3. The average molecular weight is 440 g/mol. The van der Waals surface area contributed by atoms with E-state index in [1.165, 1.54) is 24.8 Å². The number of hydrogen-bond acceptors (Lipinski definition) is 6. The second-order valence-electron chi connectivity index (χ2n) is 6.73. The van der Waals surface area contributed by atoms with Gasteiger partial charge >= 0.3 is 10.3 Å². The van der Waals surface area contributed by atoms with Crippen LogP contribution in [0.25, 0.3) is 0 Å². The van der Waals surface area contributed by atoms with Crippen LogP contribution in [-0.2, 0) is 10.3 Å². The normalized spacial score (nSPS) is 12.2. The summed E-state index contributed by atoms with van der Waals surface area (Å²) in [4.78, 5) is 25.5. The number of rotatable bonds is 3. The molecule has 4 N–H and O–H groups in total. The van der Waals surface area contributed by atoms with Crippen molar-refractivity contribution in [2.24, 2.45) is 0 Å². The number of benzene rings is 3. The van der Waals surface area contributed by atoms with Crippen molar-refractivity contribution in [1.29, 1.82) is 0 Å². The monoisotopic (exact) mass is 440 g/mol. The van der Waals surface area contributed by atoms with Gasteiger partial charge in [-0.25, -0.2) is 0 Å². The lowest BCUT2D eigenvalue weighted by atomic mass is 9.82. The van der Waals surface area contributed by atoms with Crippen molar-refractivity contribution in [3.8, 4) is 5.75 Å². The minimum atomic E-state index is -4.68. The first-order chi connectivity index (χ1) is 14.6. The highest BCUT2D eigenvalue weighted by molar-refractivity contribution is 7.87. The molecule has 3 aromatic rings. The zero-order valence-electron chi connectivity index (χ0n) is 16.7. The summed E-state index contributed by atoms with van der Waals surface area (Å²) in [6.07, 6.45) is 0. The molecule has 0 atom stereocenters. The van der Waals surface area contributed by atoms with Gasteiger partial charge in [0, 0.05) is 17.2 Å². The molecule has 1 aliphatic carbocycles. The maximum Gasteiger partial charge on any atom is 0.357 e. The van der Waals surface area contributed by atoms with Crippen LogP contribution < -0.4 is 15.2 Å². The SMILES string of the molecule is COc1cc(NS(=O)(=O)O)c2c(c1N)C(=O)c1ccccc1C2=O.Cc1ccccc1. The lowest BCUT2D eigenvalue weighted by Crippen LogP contribution is -2.25. The van der Waals surface area contributed by atoms with E-state index in [0.29, 0.717) is 0 Å². The molecule has 31 heavy (non-hydrogen) atoms. The molecule has 0 unspecified atom stereocenters. The fourth-order valence-corrected chi connectivity index (χ4v) is 3.66. The Morgan fingerprint density at radius 2 is 1.42 bits per heavy atom. The molecular weight excluding hydrogens is 420 g/mol. The third kappa shape index (κ3) is 4.57. The number of nitrogens with two attached hydrogens (primary N) is 1. The predicted octanol–water partition coefficient (Wildman–Crippen LogP) is 3.26. The first-order valence-electron chi connectivity index (χ1n) is 9.09. The van der Waals surface area contributed by atoms with Crippen LogP contribution in [0.2, 0.25) is 0 Å². The number of aryl methyl sites for hydroxylation is 1. The molecule has 0 fully saturated rings. The van der Waals surface area contributed by atoms with Crippen LogP contribution in [0.5, 0.6) is 5.75 Å². The van der Waals surface area contributed by atoms with Crippen molar-refractivity contribution in [2.45, 2.75) is 6.92 Å². The number of fused-ring (bicyclic) bond motifs is 2. The number of carbonyl (C=O) groups excluding carboxylic acids is 2. The average Bonchev–Trinajstić information content (AvgIpc) is 2.73. The summed E-state index contributed by atoms with van der Waals surface area (Å²) in [5, 5.41) is 0. The summed E-state index contributed by atoms with van der Waals surface area (Å²) >= 11 is 0. The first-order valence-corrected chi connectivity index (χ1v) is 10.5. The number of nitrogens with one attached hydrogen (secondary N) is 1. The van der Waals surface area contributed by atoms with Crippen LogP contribution in [0.4, 0.5) is 11.4 Å². The highest BCUT2D eigenvalue weighted by Crippen LogP contribution is 2.40. The smallest absolute Gasteiger partial charge is 0.357 e. The maximum atomic E-state index is 12.7. The molecular formula is C22H20N2O6S. The molecule has 0 saturated carbocycles. The molecule has 8 nitrogen and oxygen atoms in total. The van der Waals surface area contributed by atoms with Gasteiger partial charge in [-0.05, 0) is 6.92 Å². The largest absolute Gasteiger partial charge is 0.494 e. The highest BCUT2D eigenvalue weighted by atomic mass is 32.2. The van der Waals surface area contributed by atoms with E-state index >= 15 is 0 Å². The molecule has 0 radical (unpaired) electrons. The fourth-order valence-electron chi connectivity index (χ4n) is 3.22. The van der Waals surface area contributed by atoms with E-state index < -0.39 is 21.9 Å². The van der Waals surface area contributed by atoms with Gasteiger partial charge in [-0.3, -0.25) is 18.9 Å². The van der Waals surface area contributed by atoms with Crippen LogP contribution in [0.1, 0.15) is 37.4 Å². The van der Waals surface area contributed by atoms with E-state index in [0.717, 1.165) is 6.07 Å². The summed E-state index contributed by atoms with van der Waals surface area (Å²) in [6.45, 7) is 2.08. The van der Waals surface area contributed by atoms with Crippen LogP contribution in [-0.4, -0.2) is 31.6 Å². The summed E-state index contributed by atoms with van der Waals surface area (Å²) in [6, 6.07) is 17.5. The number of ketones is 2. The number of nitrogen functional groups attached to an aromatic ring is 1. The first kappa shape index (κ1) is 22.0. The summed E-state index contributed by atoms with van der Waals surface area (Å²) in [7, 11) is -3.40.